The van der Waals surface area contributed by atoms with E-state index in [1.54, 1.807) is 22.9 Å². The average molecular weight is 467 g/mol. The Morgan fingerprint density at radius 2 is 1.75 bits per heavy atom. The largest absolute Gasteiger partial charge is 0.494 e. The molecule has 0 bridgehead atoms. The molecule has 0 fully saturated rings. The lowest BCUT2D eigenvalue weighted by molar-refractivity contribution is 0.101. The minimum atomic E-state index is -0.457. The van der Waals surface area contributed by atoms with Crippen molar-refractivity contribution in [3.63, 3.8) is 0 Å². The molecule has 0 unspecified atom stereocenters. The van der Waals surface area contributed by atoms with Gasteiger partial charge in [0.2, 0.25) is 5.82 Å². The summed E-state index contributed by atoms with van der Waals surface area (Å²) in [5, 5.41) is 8.36. The third-order valence-electron chi connectivity index (χ3n) is 4.77. The molecule has 3 aromatic carbocycles. The summed E-state index contributed by atoms with van der Waals surface area (Å²) in [6.07, 6.45) is 0. The molecule has 8 heteroatoms. The minimum Gasteiger partial charge on any atom is -0.494 e. The highest BCUT2D eigenvalue weighted by Gasteiger charge is 2.20. The van der Waals surface area contributed by atoms with Crippen LogP contribution in [0.5, 0.6) is 5.75 Å². The van der Waals surface area contributed by atoms with Crippen molar-refractivity contribution in [3.8, 4) is 22.8 Å². The summed E-state index contributed by atoms with van der Waals surface area (Å²) in [6, 6.07) is 20.0. The lowest BCUT2D eigenvalue weighted by atomic mass is 10.2. The molecule has 0 aliphatic rings. The van der Waals surface area contributed by atoms with Crippen LogP contribution in [0.1, 0.15) is 23.1 Å². The van der Waals surface area contributed by atoms with Gasteiger partial charge in [-0.25, -0.2) is 9.67 Å². The number of nitrogens with zero attached hydrogens (tertiary/aromatic N) is 3. The van der Waals surface area contributed by atoms with Gasteiger partial charge < -0.3 is 10.1 Å². The second kappa shape index (κ2) is 9.42. The van der Waals surface area contributed by atoms with Crippen LogP contribution in [0.15, 0.2) is 66.7 Å². The summed E-state index contributed by atoms with van der Waals surface area (Å²) in [5.41, 5.74) is 2.88. The molecule has 0 aliphatic heterocycles. The Morgan fingerprint density at radius 1 is 1.03 bits per heavy atom. The van der Waals surface area contributed by atoms with Crippen LogP contribution in [0.25, 0.3) is 17.1 Å². The maximum absolute atomic E-state index is 13.0. The van der Waals surface area contributed by atoms with E-state index in [4.69, 9.17) is 27.9 Å². The summed E-state index contributed by atoms with van der Waals surface area (Å²) in [4.78, 5) is 17.5. The molecule has 0 saturated heterocycles. The number of rotatable bonds is 6. The van der Waals surface area contributed by atoms with Crippen molar-refractivity contribution in [2.45, 2.75) is 13.8 Å². The second-order valence-corrected chi connectivity index (χ2v) is 7.83. The van der Waals surface area contributed by atoms with Gasteiger partial charge in [0.15, 0.2) is 5.82 Å². The van der Waals surface area contributed by atoms with Crippen LogP contribution in [0.4, 0.5) is 5.69 Å². The molecule has 0 saturated carbocycles. The van der Waals surface area contributed by atoms with Crippen molar-refractivity contribution in [2.75, 3.05) is 11.9 Å². The summed E-state index contributed by atoms with van der Waals surface area (Å²) < 4.78 is 7.14. The van der Waals surface area contributed by atoms with E-state index in [-0.39, 0.29) is 5.82 Å². The van der Waals surface area contributed by atoms with Crippen LogP contribution in [0, 0.1) is 6.92 Å². The Balaban J connectivity index is 1.75. The number of anilines is 1. The van der Waals surface area contributed by atoms with Gasteiger partial charge in [-0.3, -0.25) is 4.79 Å². The number of aryl methyl sites for hydroxylation is 1. The third-order valence-corrected chi connectivity index (χ3v) is 5.33. The fourth-order valence-electron chi connectivity index (χ4n) is 3.18. The van der Waals surface area contributed by atoms with Gasteiger partial charge in [-0.05, 0) is 74.0 Å². The first kappa shape index (κ1) is 21.9. The Kier molecular flexibility index (Phi) is 6.44. The van der Waals surface area contributed by atoms with E-state index in [9.17, 15) is 4.79 Å². The average Bonchev–Trinajstić information content (AvgIpc) is 3.23. The van der Waals surface area contributed by atoms with Gasteiger partial charge in [-0.15, -0.1) is 5.10 Å². The molecule has 0 aliphatic carbocycles. The zero-order chi connectivity index (χ0) is 22.7. The van der Waals surface area contributed by atoms with E-state index >= 15 is 0 Å². The number of aromatic nitrogens is 3. The first-order valence-electron chi connectivity index (χ1n) is 9.99. The highest BCUT2D eigenvalue weighted by molar-refractivity contribution is 6.34. The molecule has 6 nitrogen and oxygen atoms in total. The van der Waals surface area contributed by atoms with Gasteiger partial charge in [-0.2, -0.15) is 0 Å². The van der Waals surface area contributed by atoms with Crippen molar-refractivity contribution < 1.29 is 9.53 Å². The van der Waals surface area contributed by atoms with E-state index in [2.05, 4.69) is 15.4 Å². The summed E-state index contributed by atoms with van der Waals surface area (Å²) in [7, 11) is 0. The molecular formula is C24H20Cl2N4O2. The zero-order valence-corrected chi connectivity index (χ0v) is 19.0. The molecule has 4 aromatic rings. The monoisotopic (exact) mass is 466 g/mol. The van der Waals surface area contributed by atoms with Crippen LogP contribution in [0.2, 0.25) is 10.0 Å². The quantitative estimate of drug-likeness (QED) is 0.367. The lowest BCUT2D eigenvalue weighted by Crippen LogP contribution is -2.15. The van der Waals surface area contributed by atoms with Crippen LogP contribution in [-0.4, -0.2) is 27.3 Å². The maximum Gasteiger partial charge on any atom is 0.295 e. The van der Waals surface area contributed by atoms with Crippen molar-refractivity contribution in [1.82, 2.24) is 14.8 Å². The standard InChI is InChI=1S/C24H20Cl2N4O2/c1-3-32-19-13-11-18(12-14-19)30-23(16-7-9-17(25)10-8-16)28-22(29-30)24(31)27-21-15(2)5-4-6-20(21)26/h4-14H,3H2,1-2H3,(H,27,31). The van der Waals surface area contributed by atoms with Crippen LogP contribution >= 0.6 is 23.2 Å². The van der Waals surface area contributed by atoms with Crippen molar-refractivity contribution >= 4 is 34.8 Å². The second-order valence-electron chi connectivity index (χ2n) is 6.99. The first-order chi connectivity index (χ1) is 15.5. The number of hydrogen-bond donors (Lipinski definition) is 1. The predicted molar refractivity (Wildman–Crippen MR) is 127 cm³/mol. The molecule has 32 heavy (non-hydrogen) atoms. The Morgan fingerprint density at radius 3 is 2.41 bits per heavy atom. The number of hydrogen-bond acceptors (Lipinski definition) is 4. The highest BCUT2D eigenvalue weighted by Crippen LogP contribution is 2.27. The van der Waals surface area contributed by atoms with E-state index < -0.39 is 5.91 Å². The molecule has 4 rings (SSSR count). The van der Waals surface area contributed by atoms with Gasteiger partial charge in [0.25, 0.3) is 5.91 Å². The minimum absolute atomic E-state index is 0.0168. The number of halogens is 2. The molecule has 1 heterocycles. The fourth-order valence-corrected chi connectivity index (χ4v) is 3.58. The van der Waals surface area contributed by atoms with E-state index in [1.807, 2.05) is 62.4 Å². The lowest BCUT2D eigenvalue weighted by Gasteiger charge is -2.08. The normalized spacial score (nSPS) is 10.8. The molecule has 162 valence electrons. The van der Waals surface area contributed by atoms with E-state index in [0.717, 1.165) is 22.6 Å². The zero-order valence-electron chi connectivity index (χ0n) is 17.5. The fraction of sp³-hybridized carbons (Fsp3) is 0.125. The number of para-hydroxylation sites is 1. The number of carbonyl (C=O) groups excluding carboxylic acids is 1. The summed E-state index contributed by atoms with van der Waals surface area (Å²) >= 11 is 12.3. The number of amides is 1. The molecule has 1 amide bonds. The van der Waals surface area contributed by atoms with Gasteiger partial charge in [0, 0.05) is 10.6 Å². The van der Waals surface area contributed by atoms with Crippen molar-refractivity contribution in [3.05, 3.63) is 88.2 Å². The molecule has 0 radical (unpaired) electrons. The maximum atomic E-state index is 13.0. The number of ether oxygens (including phenoxy) is 1. The first-order valence-corrected chi connectivity index (χ1v) is 10.7. The topological polar surface area (TPSA) is 69.0 Å². The van der Waals surface area contributed by atoms with E-state index in [1.165, 1.54) is 0 Å². The van der Waals surface area contributed by atoms with E-state index in [0.29, 0.717) is 28.2 Å². The van der Waals surface area contributed by atoms with Gasteiger partial charge in [0.1, 0.15) is 5.75 Å². The Hall–Kier alpha value is -3.35. The van der Waals surface area contributed by atoms with Crippen molar-refractivity contribution in [2.24, 2.45) is 0 Å². The Bertz CT molecular complexity index is 1230. The highest BCUT2D eigenvalue weighted by atomic mass is 35.5. The summed E-state index contributed by atoms with van der Waals surface area (Å²) in [6.45, 7) is 4.37. The molecular weight excluding hydrogens is 447 g/mol. The van der Waals surface area contributed by atoms with Crippen LogP contribution in [-0.2, 0) is 0 Å². The van der Waals surface area contributed by atoms with Crippen LogP contribution < -0.4 is 10.1 Å². The third kappa shape index (κ3) is 4.61. The molecule has 1 N–H and O–H groups in total. The van der Waals surface area contributed by atoms with Crippen LogP contribution in [0.3, 0.4) is 0 Å². The number of nitrogens with one attached hydrogen (secondary N) is 1. The van der Waals surface area contributed by atoms with Gasteiger partial charge in [-0.1, -0.05) is 35.3 Å². The number of benzene rings is 3. The molecule has 0 spiro atoms. The molecule has 1 aromatic heterocycles. The predicted octanol–water partition coefficient (Wildman–Crippen LogP) is 6.20. The number of carbonyl (C=O) groups is 1. The summed E-state index contributed by atoms with van der Waals surface area (Å²) in [5.74, 6) is 0.813. The van der Waals surface area contributed by atoms with Gasteiger partial charge >= 0.3 is 0 Å². The van der Waals surface area contributed by atoms with Crippen molar-refractivity contribution in [1.29, 1.82) is 0 Å². The van der Waals surface area contributed by atoms with Gasteiger partial charge in [0.05, 0.1) is 23.0 Å². The Labute approximate surface area is 195 Å². The molecule has 0 atom stereocenters. The SMILES string of the molecule is CCOc1ccc(-n2nc(C(=O)Nc3c(C)cccc3Cl)nc2-c2ccc(Cl)cc2)cc1. The smallest absolute Gasteiger partial charge is 0.295 e.